The van der Waals surface area contributed by atoms with Gasteiger partial charge in [-0.25, -0.2) is 4.79 Å². The van der Waals surface area contributed by atoms with E-state index in [4.69, 9.17) is 39.5 Å². The van der Waals surface area contributed by atoms with Crippen molar-refractivity contribution >= 4 is 46.7 Å². The first-order valence-corrected chi connectivity index (χ1v) is 12.4. The molecule has 36 heavy (non-hydrogen) atoms. The molecule has 0 aliphatic carbocycles. The van der Waals surface area contributed by atoms with Crippen LogP contribution in [0, 0.1) is 11.3 Å². The number of halogens is 3. The Labute approximate surface area is 225 Å². The third-order valence-corrected chi connectivity index (χ3v) is 6.62. The smallest absolute Gasteiger partial charge is 0.340 e. The van der Waals surface area contributed by atoms with E-state index in [1.807, 2.05) is 49.4 Å². The fourth-order valence-electron chi connectivity index (χ4n) is 3.77. The number of amides is 1. The second kappa shape index (κ2) is 11.8. The molecule has 5 nitrogen and oxygen atoms in total. The number of carbonyl (C=O) groups excluding carboxylic acids is 2. The summed E-state index contributed by atoms with van der Waals surface area (Å²) in [7, 11) is 0. The van der Waals surface area contributed by atoms with Crippen LogP contribution in [-0.2, 0) is 16.0 Å². The Morgan fingerprint density at radius 2 is 1.67 bits per heavy atom. The molecule has 8 heteroatoms. The van der Waals surface area contributed by atoms with Crippen molar-refractivity contribution in [3.63, 3.8) is 0 Å². The Balaban J connectivity index is 1.80. The first-order valence-electron chi connectivity index (χ1n) is 11.2. The molecule has 0 saturated carbocycles. The molecule has 3 rings (SSSR count). The van der Waals surface area contributed by atoms with Crippen LogP contribution in [0.1, 0.15) is 53.7 Å². The lowest BCUT2D eigenvalue weighted by molar-refractivity contribution is -0.138. The average Bonchev–Trinajstić information content (AvgIpc) is 2.83. The first-order chi connectivity index (χ1) is 17.0. The Hall–Kier alpha value is -3.04. The maximum Gasteiger partial charge on any atom is 0.340 e. The standard InChI is InChI=1S/C28H25Cl3N2O3/c1-17(33-27(35)28(2,3)36-26(34)23-12-11-22(30)15-25(23)31)24(14-18-7-9-21(29)10-8-18)20-6-4-5-19(13-20)16-32/h4-13,15,17,24H,14H2,1-3H3,(H,33,35). The number of esters is 1. The van der Waals surface area contributed by atoms with Gasteiger partial charge < -0.3 is 10.1 Å². The highest BCUT2D eigenvalue weighted by Gasteiger charge is 2.35. The lowest BCUT2D eigenvalue weighted by Crippen LogP contribution is -2.50. The number of benzene rings is 3. The molecule has 0 spiro atoms. The van der Waals surface area contributed by atoms with E-state index in [2.05, 4.69) is 11.4 Å². The largest absolute Gasteiger partial charge is 0.446 e. The minimum Gasteiger partial charge on any atom is -0.446 e. The molecule has 2 unspecified atom stereocenters. The van der Waals surface area contributed by atoms with Crippen LogP contribution in [0.5, 0.6) is 0 Å². The van der Waals surface area contributed by atoms with Crippen LogP contribution < -0.4 is 5.32 Å². The molecular formula is C28H25Cl3N2O3. The van der Waals surface area contributed by atoms with Crippen molar-refractivity contribution in [3.05, 3.63) is 104 Å². The monoisotopic (exact) mass is 542 g/mol. The number of nitrogens with one attached hydrogen (secondary N) is 1. The van der Waals surface area contributed by atoms with Gasteiger partial charge in [0, 0.05) is 22.0 Å². The summed E-state index contributed by atoms with van der Waals surface area (Å²) in [6, 6.07) is 21.0. The summed E-state index contributed by atoms with van der Waals surface area (Å²) in [5, 5.41) is 13.5. The van der Waals surface area contributed by atoms with Gasteiger partial charge in [-0.1, -0.05) is 59.1 Å². The van der Waals surface area contributed by atoms with Crippen molar-refractivity contribution < 1.29 is 14.3 Å². The third kappa shape index (κ3) is 7.01. The van der Waals surface area contributed by atoms with Gasteiger partial charge in [-0.05, 0) is 80.8 Å². The molecule has 3 aromatic rings. The van der Waals surface area contributed by atoms with E-state index in [1.165, 1.54) is 32.0 Å². The summed E-state index contributed by atoms with van der Waals surface area (Å²) in [6.45, 7) is 4.91. The second-order valence-corrected chi connectivity index (χ2v) is 10.2. The summed E-state index contributed by atoms with van der Waals surface area (Å²) in [5.74, 6) is -1.37. The Kier molecular flexibility index (Phi) is 9.03. The first kappa shape index (κ1) is 27.5. The fourth-order valence-corrected chi connectivity index (χ4v) is 4.38. The summed E-state index contributed by atoms with van der Waals surface area (Å²) >= 11 is 18.1. The maximum atomic E-state index is 13.2. The predicted octanol–water partition coefficient (Wildman–Crippen LogP) is 6.99. The summed E-state index contributed by atoms with van der Waals surface area (Å²) in [5.41, 5.74) is 1.09. The minimum absolute atomic E-state index is 0.115. The molecule has 1 amide bonds. The van der Waals surface area contributed by atoms with E-state index in [1.54, 1.807) is 6.07 Å². The molecular weight excluding hydrogens is 519 g/mol. The van der Waals surface area contributed by atoms with Crippen LogP contribution in [0.25, 0.3) is 0 Å². The molecule has 0 heterocycles. The Bertz CT molecular complexity index is 1300. The SMILES string of the molecule is CC(NC(=O)C(C)(C)OC(=O)c1ccc(Cl)cc1Cl)C(Cc1ccc(Cl)cc1)c1cccc(C#N)c1. The molecule has 0 saturated heterocycles. The maximum absolute atomic E-state index is 13.2. The van der Waals surface area contributed by atoms with Crippen LogP contribution in [0.2, 0.25) is 15.1 Å². The van der Waals surface area contributed by atoms with Gasteiger partial charge in [-0.2, -0.15) is 5.26 Å². The van der Waals surface area contributed by atoms with Crippen LogP contribution in [0.3, 0.4) is 0 Å². The second-order valence-electron chi connectivity index (χ2n) is 8.96. The van der Waals surface area contributed by atoms with Gasteiger partial charge in [0.25, 0.3) is 5.91 Å². The molecule has 1 N–H and O–H groups in total. The van der Waals surface area contributed by atoms with Crippen molar-refractivity contribution in [2.24, 2.45) is 0 Å². The lowest BCUT2D eigenvalue weighted by atomic mass is 9.85. The highest BCUT2D eigenvalue weighted by molar-refractivity contribution is 6.36. The van der Waals surface area contributed by atoms with E-state index in [0.29, 0.717) is 22.0 Å². The van der Waals surface area contributed by atoms with E-state index in [0.717, 1.165) is 11.1 Å². The zero-order valence-corrected chi connectivity index (χ0v) is 22.3. The zero-order chi connectivity index (χ0) is 26.5. The van der Waals surface area contributed by atoms with Crippen molar-refractivity contribution in [1.29, 1.82) is 5.26 Å². The number of carbonyl (C=O) groups is 2. The van der Waals surface area contributed by atoms with Crippen LogP contribution in [0.15, 0.2) is 66.7 Å². The van der Waals surface area contributed by atoms with Crippen molar-refractivity contribution in [1.82, 2.24) is 5.32 Å². The quantitative estimate of drug-likeness (QED) is 0.311. The number of hydrogen-bond donors (Lipinski definition) is 1. The number of rotatable bonds is 8. The highest BCUT2D eigenvalue weighted by atomic mass is 35.5. The van der Waals surface area contributed by atoms with E-state index in [-0.39, 0.29) is 22.5 Å². The minimum atomic E-state index is -1.48. The average molecular weight is 544 g/mol. The van der Waals surface area contributed by atoms with Crippen molar-refractivity contribution in [3.8, 4) is 6.07 Å². The van der Waals surface area contributed by atoms with Gasteiger partial charge in [0.1, 0.15) is 0 Å². The van der Waals surface area contributed by atoms with Gasteiger partial charge in [0.2, 0.25) is 0 Å². The zero-order valence-electron chi connectivity index (χ0n) is 20.0. The molecule has 186 valence electrons. The fraction of sp³-hybridized carbons (Fsp3) is 0.250. The number of hydrogen-bond acceptors (Lipinski definition) is 4. The van der Waals surface area contributed by atoms with E-state index < -0.39 is 17.5 Å². The van der Waals surface area contributed by atoms with Gasteiger partial charge >= 0.3 is 5.97 Å². The Morgan fingerprint density at radius 3 is 2.31 bits per heavy atom. The predicted molar refractivity (Wildman–Crippen MR) is 143 cm³/mol. The Morgan fingerprint density at radius 1 is 1.00 bits per heavy atom. The molecule has 0 aliphatic heterocycles. The van der Waals surface area contributed by atoms with Crippen LogP contribution in [-0.4, -0.2) is 23.5 Å². The lowest BCUT2D eigenvalue weighted by Gasteiger charge is -2.30. The van der Waals surface area contributed by atoms with Crippen molar-refractivity contribution in [2.45, 2.75) is 44.8 Å². The van der Waals surface area contributed by atoms with Crippen LogP contribution in [0.4, 0.5) is 0 Å². The molecule has 3 aromatic carbocycles. The van der Waals surface area contributed by atoms with Crippen molar-refractivity contribution in [2.75, 3.05) is 0 Å². The number of nitriles is 1. The van der Waals surface area contributed by atoms with Crippen LogP contribution >= 0.6 is 34.8 Å². The summed E-state index contributed by atoms with van der Waals surface area (Å²) < 4.78 is 5.52. The van der Waals surface area contributed by atoms with E-state index >= 15 is 0 Å². The number of nitrogens with zero attached hydrogens (tertiary/aromatic N) is 1. The summed E-state index contributed by atoms with van der Waals surface area (Å²) in [4.78, 5) is 25.9. The third-order valence-electron chi connectivity index (χ3n) is 5.82. The highest BCUT2D eigenvalue weighted by Crippen LogP contribution is 2.28. The van der Waals surface area contributed by atoms with E-state index in [9.17, 15) is 14.9 Å². The molecule has 0 aromatic heterocycles. The van der Waals surface area contributed by atoms with Gasteiger partial charge in [0.05, 0.1) is 22.2 Å². The van der Waals surface area contributed by atoms with Gasteiger partial charge in [-0.15, -0.1) is 0 Å². The topological polar surface area (TPSA) is 79.2 Å². The molecule has 0 fully saturated rings. The normalized spacial score (nSPS) is 12.8. The number of ether oxygens (including phenoxy) is 1. The van der Waals surface area contributed by atoms with Gasteiger partial charge in [0.15, 0.2) is 5.60 Å². The molecule has 0 bridgehead atoms. The molecule has 0 aliphatic rings. The van der Waals surface area contributed by atoms with Gasteiger partial charge in [-0.3, -0.25) is 4.79 Å². The molecule has 2 atom stereocenters. The summed E-state index contributed by atoms with van der Waals surface area (Å²) in [6.07, 6.45) is 0.591. The molecule has 0 radical (unpaired) electrons.